The molecule has 1 heterocycles. The SMILES string of the molecule is Cn1c(COc2cccc(C(=O)O)c2)nc2ccc(Oc3cccc(Cl)c3)cc21. The van der Waals surface area contributed by atoms with Gasteiger partial charge >= 0.3 is 5.97 Å². The van der Waals surface area contributed by atoms with E-state index in [1.54, 1.807) is 24.3 Å². The Hall–Kier alpha value is -3.51. The number of fused-ring (bicyclic) bond motifs is 1. The van der Waals surface area contributed by atoms with Gasteiger partial charge < -0.3 is 19.1 Å². The molecule has 0 fully saturated rings. The lowest BCUT2D eigenvalue weighted by molar-refractivity contribution is 0.0696. The van der Waals surface area contributed by atoms with Crippen LogP contribution in [0.25, 0.3) is 11.0 Å². The van der Waals surface area contributed by atoms with Crippen molar-refractivity contribution in [1.29, 1.82) is 0 Å². The molecule has 0 atom stereocenters. The molecular weight excluding hydrogens is 392 g/mol. The van der Waals surface area contributed by atoms with Gasteiger partial charge in [-0.2, -0.15) is 0 Å². The van der Waals surface area contributed by atoms with Crippen LogP contribution < -0.4 is 9.47 Å². The zero-order valence-corrected chi connectivity index (χ0v) is 16.3. The fourth-order valence-corrected chi connectivity index (χ4v) is 3.13. The summed E-state index contributed by atoms with van der Waals surface area (Å²) >= 11 is 6.01. The molecule has 0 amide bonds. The van der Waals surface area contributed by atoms with E-state index in [-0.39, 0.29) is 12.2 Å². The molecule has 0 aliphatic carbocycles. The minimum Gasteiger partial charge on any atom is -0.486 e. The third-order valence-electron chi connectivity index (χ3n) is 4.43. The smallest absolute Gasteiger partial charge is 0.335 e. The number of benzene rings is 3. The van der Waals surface area contributed by atoms with Gasteiger partial charge in [0, 0.05) is 18.1 Å². The fraction of sp³-hybridized carbons (Fsp3) is 0.0909. The number of aryl methyl sites for hydroxylation is 1. The molecule has 4 aromatic rings. The van der Waals surface area contributed by atoms with Crippen LogP contribution in [0.1, 0.15) is 16.2 Å². The number of rotatable bonds is 6. The lowest BCUT2D eigenvalue weighted by Crippen LogP contribution is -2.04. The number of hydrogen-bond acceptors (Lipinski definition) is 4. The summed E-state index contributed by atoms with van der Waals surface area (Å²) in [4.78, 5) is 15.7. The van der Waals surface area contributed by atoms with Crippen LogP contribution in [-0.4, -0.2) is 20.6 Å². The van der Waals surface area contributed by atoms with E-state index >= 15 is 0 Å². The summed E-state index contributed by atoms with van der Waals surface area (Å²) in [6, 6.07) is 19.2. The van der Waals surface area contributed by atoms with Crippen LogP contribution >= 0.6 is 11.6 Å². The Bertz CT molecular complexity index is 1200. The Labute approximate surface area is 171 Å². The Morgan fingerprint density at radius 3 is 2.59 bits per heavy atom. The summed E-state index contributed by atoms with van der Waals surface area (Å²) in [5.41, 5.74) is 1.88. The highest BCUT2D eigenvalue weighted by atomic mass is 35.5. The lowest BCUT2D eigenvalue weighted by atomic mass is 10.2. The predicted octanol–water partition coefficient (Wildman–Crippen LogP) is 5.30. The van der Waals surface area contributed by atoms with Crippen LogP contribution in [0.3, 0.4) is 0 Å². The number of hydrogen-bond donors (Lipinski definition) is 1. The number of carboxylic acids is 1. The maximum absolute atomic E-state index is 11.1. The second kappa shape index (κ2) is 7.85. The summed E-state index contributed by atoms with van der Waals surface area (Å²) in [6.07, 6.45) is 0. The van der Waals surface area contributed by atoms with Gasteiger partial charge in [0.15, 0.2) is 0 Å². The van der Waals surface area contributed by atoms with E-state index in [9.17, 15) is 4.79 Å². The van der Waals surface area contributed by atoms with Crippen molar-refractivity contribution in [3.05, 3.63) is 83.1 Å². The average Bonchev–Trinajstić information content (AvgIpc) is 3.02. The van der Waals surface area contributed by atoms with Gasteiger partial charge in [0.1, 0.15) is 29.7 Å². The number of ether oxygens (including phenoxy) is 2. The molecule has 0 radical (unpaired) electrons. The number of aromatic carboxylic acids is 1. The van der Waals surface area contributed by atoms with E-state index in [1.165, 1.54) is 12.1 Å². The highest BCUT2D eigenvalue weighted by Gasteiger charge is 2.11. The molecule has 1 aromatic heterocycles. The molecule has 3 aromatic carbocycles. The van der Waals surface area contributed by atoms with E-state index in [0.717, 1.165) is 11.0 Å². The normalized spacial score (nSPS) is 10.8. The van der Waals surface area contributed by atoms with Crippen LogP contribution in [0, 0.1) is 0 Å². The van der Waals surface area contributed by atoms with E-state index in [4.69, 9.17) is 26.2 Å². The van der Waals surface area contributed by atoms with Crippen molar-refractivity contribution in [2.45, 2.75) is 6.61 Å². The summed E-state index contributed by atoms with van der Waals surface area (Å²) in [5.74, 6) is 1.51. The summed E-state index contributed by atoms with van der Waals surface area (Å²) < 4.78 is 13.5. The first-order chi connectivity index (χ1) is 14.0. The molecule has 0 bridgehead atoms. The predicted molar refractivity (Wildman–Crippen MR) is 110 cm³/mol. The molecule has 146 valence electrons. The van der Waals surface area contributed by atoms with E-state index in [0.29, 0.717) is 28.1 Å². The molecule has 0 saturated heterocycles. The van der Waals surface area contributed by atoms with Crippen LogP contribution in [0.15, 0.2) is 66.7 Å². The second-order valence-corrected chi connectivity index (χ2v) is 6.86. The molecule has 29 heavy (non-hydrogen) atoms. The average molecular weight is 409 g/mol. The largest absolute Gasteiger partial charge is 0.486 e. The van der Waals surface area contributed by atoms with Gasteiger partial charge in [-0.3, -0.25) is 0 Å². The number of carbonyl (C=O) groups is 1. The van der Waals surface area contributed by atoms with Crippen LogP contribution in [-0.2, 0) is 13.7 Å². The van der Waals surface area contributed by atoms with Gasteiger partial charge in [-0.25, -0.2) is 9.78 Å². The van der Waals surface area contributed by atoms with Gasteiger partial charge in [-0.05, 0) is 48.5 Å². The van der Waals surface area contributed by atoms with Crippen molar-refractivity contribution in [3.63, 3.8) is 0 Å². The molecule has 1 N–H and O–H groups in total. The molecule has 0 unspecified atom stereocenters. The highest BCUT2D eigenvalue weighted by molar-refractivity contribution is 6.30. The molecule has 0 saturated carbocycles. The number of carboxylic acid groups (broad SMARTS) is 1. The van der Waals surface area contributed by atoms with Crippen molar-refractivity contribution < 1.29 is 19.4 Å². The van der Waals surface area contributed by atoms with E-state index in [2.05, 4.69) is 4.98 Å². The van der Waals surface area contributed by atoms with Crippen LogP contribution in [0.2, 0.25) is 5.02 Å². The molecule has 4 rings (SSSR count). The Balaban J connectivity index is 1.54. The van der Waals surface area contributed by atoms with E-state index in [1.807, 2.05) is 41.9 Å². The van der Waals surface area contributed by atoms with Crippen molar-refractivity contribution in [1.82, 2.24) is 9.55 Å². The lowest BCUT2D eigenvalue weighted by Gasteiger charge is -2.08. The third kappa shape index (κ3) is 4.17. The monoisotopic (exact) mass is 408 g/mol. The van der Waals surface area contributed by atoms with E-state index < -0.39 is 5.97 Å². The van der Waals surface area contributed by atoms with Crippen LogP contribution in [0.4, 0.5) is 0 Å². The standard InChI is InChI=1S/C22H17ClN2O4/c1-25-20-12-18(29-17-7-3-5-15(23)11-17)8-9-19(20)24-21(25)13-28-16-6-2-4-14(10-16)22(26)27/h2-12H,13H2,1H3,(H,26,27). The first kappa shape index (κ1) is 18.8. The molecule has 0 spiro atoms. The van der Waals surface area contributed by atoms with Crippen molar-refractivity contribution in [2.75, 3.05) is 0 Å². The maximum atomic E-state index is 11.1. The zero-order valence-electron chi connectivity index (χ0n) is 15.5. The third-order valence-corrected chi connectivity index (χ3v) is 4.66. The van der Waals surface area contributed by atoms with Gasteiger partial charge in [-0.15, -0.1) is 0 Å². The Morgan fingerprint density at radius 1 is 1.03 bits per heavy atom. The Morgan fingerprint density at radius 2 is 1.79 bits per heavy atom. The van der Waals surface area contributed by atoms with Crippen LogP contribution in [0.5, 0.6) is 17.2 Å². The number of nitrogens with zero attached hydrogens (tertiary/aromatic N) is 2. The fourth-order valence-electron chi connectivity index (χ4n) is 2.95. The van der Waals surface area contributed by atoms with Crippen molar-refractivity contribution >= 4 is 28.6 Å². The topological polar surface area (TPSA) is 73.6 Å². The first-order valence-corrected chi connectivity index (χ1v) is 9.22. The molecular formula is C22H17ClN2O4. The minimum absolute atomic E-state index is 0.176. The maximum Gasteiger partial charge on any atom is 0.335 e. The number of halogens is 1. The molecule has 7 heteroatoms. The first-order valence-electron chi connectivity index (χ1n) is 8.84. The van der Waals surface area contributed by atoms with Crippen molar-refractivity contribution in [2.24, 2.45) is 7.05 Å². The minimum atomic E-state index is -0.995. The second-order valence-electron chi connectivity index (χ2n) is 6.42. The summed E-state index contributed by atoms with van der Waals surface area (Å²) in [5, 5.41) is 9.70. The molecule has 0 aliphatic heterocycles. The van der Waals surface area contributed by atoms with Crippen molar-refractivity contribution in [3.8, 4) is 17.2 Å². The summed E-state index contributed by atoms with van der Waals surface area (Å²) in [7, 11) is 1.89. The zero-order chi connectivity index (χ0) is 20.4. The van der Waals surface area contributed by atoms with Gasteiger partial charge in [0.25, 0.3) is 0 Å². The Kier molecular flexibility index (Phi) is 5.10. The van der Waals surface area contributed by atoms with Gasteiger partial charge in [-0.1, -0.05) is 23.7 Å². The summed E-state index contributed by atoms with van der Waals surface area (Å²) in [6.45, 7) is 0.207. The van der Waals surface area contributed by atoms with Gasteiger partial charge in [0.2, 0.25) is 0 Å². The highest BCUT2D eigenvalue weighted by Crippen LogP contribution is 2.27. The van der Waals surface area contributed by atoms with Gasteiger partial charge in [0.05, 0.1) is 16.6 Å². The number of aromatic nitrogens is 2. The number of imidazole rings is 1. The quantitative estimate of drug-likeness (QED) is 0.469. The molecule has 6 nitrogen and oxygen atoms in total. The molecule has 0 aliphatic rings.